The smallest absolute Gasteiger partial charge is 0.293 e. The molecule has 3 heterocycles. The predicted octanol–water partition coefficient (Wildman–Crippen LogP) is 2.28. The molecule has 130 valence electrons. The van der Waals surface area contributed by atoms with Gasteiger partial charge in [-0.3, -0.25) is 4.79 Å². The number of hydrogen-bond acceptors (Lipinski definition) is 6. The summed E-state index contributed by atoms with van der Waals surface area (Å²) in [4.78, 5) is 17.5. The highest BCUT2D eigenvalue weighted by molar-refractivity contribution is 7.19. The second kappa shape index (κ2) is 6.70. The highest BCUT2D eigenvalue weighted by Crippen LogP contribution is 2.27. The molecule has 9 heteroatoms. The van der Waals surface area contributed by atoms with Crippen molar-refractivity contribution in [2.45, 2.75) is 6.92 Å². The van der Waals surface area contributed by atoms with E-state index in [0.717, 1.165) is 30.2 Å². The van der Waals surface area contributed by atoms with Gasteiger partial charge in [0.2, 0.25) is 10.8 Å². The molecule has 0 spiro atoms. The fourth-order valence-electron chi connectivity index (χ4n) is 2.90. The van der Waals surface area contributed by atoms with E-state index in [0.29, 0.717) is 23.1 Å². The molecule has 1 saturated heterocycles. The van der Waals surface area contributed by atoms with Crippen LogP contribution in [0.2, 0.25) is 5.02 Å². The molecule has 25 heavy (non-hydrogen) atoms. The van der Waals surface area contributed by atoms with Gasteiger partial charge in [0.05, 0.1) is 0 Å². The van der Waals surface area contributed by atoms with Crippen LogP contribution in [0.5, 0.6) is 0 Å². The maximum atomic E-state index is 12.8. The van der Waals surface area contributed by atoms with Gasteiger partial charge in [0.1, 0.15) is 5.01 Å². The van der Waals surface area contributed by atoms with E-state index in [1.54, 1.807) is 0 Å². The third kappa shape index (κ3) is 3.12. The molecule has 0 saturated carbocycles. The van der Waals surface area contributed by atoms with E-state index in [-0.39, 0.29) is 11.7 Å². The standard InChI is InChI=1S/C16H17ClN6OS/c1-2-21-6-8-22(9-7-21)15(24)13-18-19-16-23(13)20-14(25-16)11-4-3-5-12(17)10-11/h3-5,10H,2,6-9H2,1H3. The van der Waals surface area contributed by atoms with Crippen molar-refractivity contribution in [3.05, 3.63) is 35.1 Å². The highest BCUT2D eigenvalue weighted by atomic mass is 35.5. The Morgan fingerprint density at radius 2 is 2.04 bits per heavy atom. The van der Waals surface area contributed by atoms with Gasteiger partial charge in [-0.1, -0.05) is 42.0 Å². The lowest BCUT2D eigenvalue weighted by molar-refractivity contribution is 0.0628. The van der Waals surface area contributed by atoms with Crippen molar-refractivity contribution < 1.29 is 4.79 Å². The van der Waals surface area contributed by atoms with Crippen molar-refractivity contribution in [3.8, 4) is 10.6 Å². The highest BCUT2D eigenvalue weighted by Gasteiger charge is 2.26. The zero-order valence-corrected chi connectivity index (χ0v) is 15.3. The van der Waals surface area contributed by atoms with Crippen LogP contribution < -0.4 is 0 Å². The molecule has 3 aromatic rings. The van der Waals surface area contributed by atoms with Gasteiger partial charge in [-0.25, -0.2) is 0 Å². The first-order valence-electron chi connectivity index (χ1n) is 8.15. The number of carbonyl (C=O) groups is 1. The van der Waals surface area contributed by atoms with Crippen LogP contribution in [0, 0.1) is 0 Å². The molecule has 0 atom stereocenters. The molecule has 1 aliphatic heterocycles. The van der Waals surface area contributed by atoms with Crippen molar-refractivity contribution in [1.82, 2.24) is 29.6 Å². The fraction of sp³-hybridized carbons (Fsp3) is 0.375. The average Bonchev–Trinajstić information content (AvgIpc) is 3.22. The van der Waals surface area contributed by atoms with Gasteiger partial charge >= 0.3 is 0 Å². The number of rotatable bonds is 3. The topological polar surface area (TPSA) is 66.6 Å². The molecule has 1 fully saturated rings. The SMILES string of the molecule is CCN1CCN(C(=O)c2nnc3sc(-c4cccc(Cl)c4)nn23)CC1. The van der Waals surface area contributed by atoms with Crippen LogP contribution in [0.25, 0.3) is 15.5 Å². The summed E-state index contributed by atoms with van der Waals surface area (Å²) in [6.07, 6.45) is 0. The Morgan fingerprint density at radius 1 is 1.24 bits per heavy atom. The monoisotopic (exact) mass is 376 g/mol. The van der Waals surface area contributed by atoms with E-state index in [1.807, 2.05) is 29.2 Å². The summed E-state index contributed by atoms with van der Waals surface area (Å²) in [6, 6.07) is 7.47. The Morgan fingerprint density at radius 3 is 2.76 bits per heavy atom. The molecule has 4 rings (SSSR count). The van der Waals surface area contributed by atoms with E-state index in [4.69, 9.17) is 11.6 Å². The number of aromatic nitrogens is 4. The third-order valence-electron chi connectivity index (χ3n) is 4.36. The number of nitrogens with zero attached hydrogens (tertiary/aromatic N) is 6. The van der Waals surface area contributed by atoms with E-state index in [9.17, 15) is 4.79 Å². The second-order valence-electron chi connectivity index (χ2n) is 5.86. The molecule has 7 nitrogen and oxygen atoms in total. The lowest BCUT2D eigenvalue weighted by Gasteiger charge is -2.33. The molecule has 1 aliphatic rings. The van der Waals surface area contributed by atoms with E-state index in [1.165, 1.54) is 15.9 Å². The Labute approximate surface area is 153 Å². The molecular formula is C16H17ClN6OS. The third-order valence-corrected chi connectivity index (χ3v) is 5.54. The van der Waals surface area contributed by atoms with Crippen LogP contribution >= 0.6 is 22.9 Å². The predicted molar refractivity (Wildman–Crippen MR) is 97.1 cm³/mol. The van der Waals surface area contributed by atoms with Gasteiger partial charge in [-0.2, -0.15) is 9.61 Å². The molecule has 1 aromatic carbocycles. The lowest BCUT2D eigenvalue weighted by atomic mass is 10.2. The number of piperazine rings is 1. The Balaban J connectivity index is 1.61. The maximum Gasteiger partial charge on any atom is 0.293 e. The fourth-order valence-corrected chi connectivity index (χ4v) is 3.92. The number of likely N-dealkylation sites (N-methyl/N-ethyl adjacent to an activating group) is 1. The first kappa shape index (κ1) is 16.4. The second-order valence-corrected chi connectivity index (χ2v) is 7.25. The van der Waals surface area contributed by atoms with E-state index < -0.39 is 0 Å². The maximum absolute atomic E-state index is 12.8. The van der Waals surface area contributed by atoms with Crippen LogP contribution in [0.1, 0.15) is 17.5 Å². The van der Waals surface area contributed by atoms with Crippen LogP contribution in [0.4, 0.5) is 0 Å². The van der Waals surface area contributed by atoms with Crippen LogP contribution in [0.3, 0.4) is 0 Å². The lowest BCUT2D eigenvalue weighted by Crippen LogP contribution is -2.48. The zero-order chi connectivity index (χ0) is 17.4. The first-order chi connectivity index (χ1) is 12.2. The summed E-state index contributed by atoms with van der Waals surface area (Å²) < 4.78 is 1.54. The molecule has 0 unspecified atom stereocenters. The Hall–Kier alpha value is -2.03. The molecule has 0 N–H and O–H groups in total. The van der Waals surface area contributed by atoms with Crippen molar-refractivity contribution >= 4 is 33.8 Å². The van der Waals surface area contributed by atoms with Gasteiger partial charge in [-0.05, 0) is 18.7 Å². The molecule has 2 aromatic heterocycles. The Bertz CT molecular complexity index is 914. The molecule has 1 amide bonds. The summed E-state index contributed by atoms with van der Waals surface area (Å²) in [7, 11) is 0. The van der Waals surface area contributed by atoms with Crippen molar-refractivity contribution in [1.29, 1.82) is 0 Å². The number of carbonyl (C=O) groups excluding carboxylic acids is 1. The van der Waals surface area contributed by atoms with Crippen LogP contribution in [0.15, 0.2) is 24.3 Å². The van der Waals surface area contributed by atoms with E-state index >= 15 is 0 Å². The number of benzene rings is 1. The van der Waals surface area contributed by atoms with Gasteiger partial charge in [0, 0.05) is 36.8 Å². The summed E-state index contributed by atoms with van der Waals surface area (Å²) in [5.74, 6) is 0.149. The summed E-state index contributed by atoms with van der Waals surface area (Å²) in [5, 5.41) is 14.1. The number of halogens is 1. The minimum absolute atomic E-state index is 0.119. The normalized spacial score (nSPS) is 15.8. The number of amides is 1. The summed E-state index contributed by atoms with van der Waals surface area (Å²) in [5.41, 5.74) is 0.901. The Kier molecular flexibility index (Phi) is 4.41. The minimum atomic E-state index is -0.119. The van der Waals surface area contributed by atoms with Crippen molar-refractivity contribution in [2.75, 3.05) is 32.7 Å². The van der Waals surface area contributed by atoms with Gasteiger partial charge < -0.3 is 9.80 Å². The molecule has 0 aliphatic carbocycles. The molecule has 0 radical (unpaired) electrons. The van der Waals surface area contributed by atoms with Crippen molar-refractivity contribution in [2.24, 2.45) is 0 Å². The molecular weight excluding hydrogens is 360 g/mol. The molecule has 0 bridgehead atoms. The largest absolute Gasteiger partial charge is 0.333 e. The van der Waals surface area contributed by atoms with Crippen LogP contribution in [-0.2, 0) is 0 Å². The number of hydrogen-bond donors (Lipinski definition) is 0. The van der Waals surface area contributed by atoms with Crippen molar-refractivity contribution in [3.63, 3.8) is 0 Å². The minimum Gasteiger partial charge on any atom is -0.333 e. The quantitative estimate of drug-likeness (QED) is 0.701. The van der Waals surface area contributed by atoms with E-state index in [2.05, 4.69) is 27.1 Å². The van der Waals surface area contributed by atoms with Gasteiger partial charge in [0.25, 0.3) is 5.91 Å². The van der Waals surface area contributed by atoms with Gasteiger partial charge in [0.15, 0.2) is 0 Å². The summed E-state index contributed by atoms with van der Waals surface area (Å²) in [6.45, 7) is 6.31. The van der Waals surface area contributed by atoms with Crippen LogP contribution in [-0.4, -0.2) is 68.2 Å². The van der Waals surface area contributed by atoms with Gasteiger partial charge in [-0.15, -0.1) is 10.2 Å². The first-order valence-corrected chi connectivity index (χ1v) is 9.35. The number of fused-ring (bicyclic) bond motifs is 1. The average molecular weight is 377 g/mol. The zero-order valence-electron chi connectivity index (χ0n) is 13.7. The summed E-state index contributed by atoms with van der Waals surface area (Å²) >= 11 is 7.44.